The quantitative estimate of drug-likeness (QED) is 0.130. The van der Waals surface area contributed by atoms with Crippen molar-refractivity contribution in [3.05, 3.63) is 154 Å². The Morgan fingerprint density at radius 1 is 0.651 bits per heavy atom. The summed E-state index contributed by atoms with van der Waals surface area (Å²) in [6.07, 6.45) is 0. The molecule has 7 nitrogen and oxygen atoms in total. The molecule has 6 rings (SSSR count). The summed E-state index contributed by atoms with van der Waals surface area (Å²) in [7, 11) is 0. The number of hydrogen-bond donors (Lipinski definition) is 4. The van der Waals surface area contributed by atoms with E-state index in [1.165, 1.54) is 0 Å². The minimum atomic E-state index is -0.713. The summed E-state index contributed by atoms with van der Waals surface area (Å²) >= 11 is 7.15. The molecule has 0 radical (unpaired) electrons. The summed E-state index contributed by atoms with van der Waals surface area (Å²) in [4.78, 5) is 27.2. The van der Waals surface area contributed by atoms with Crippen molar-refractivity contribution in [2.24, 2.45) is 0 Å². The van der Waals surface area contributed by atoms with E-state index in [1.807, 2.05) is 105 Å². The van der Waals surface area contributed by atoms with Crippen LogP contribution in [0.1, 0.15) is 39.3 Å². The van der Waals surface area contributed by atoms with Crippen LogP contribution in [0.4, 0.5) is 0 Å². The zero-order valence-electron chi connectivity index (χ0n) is 23.4. The van der Waals surface area contributed by atoms with Crippen molar-refractivity contribution in [2.45, 2.75) is 26.4 Å². The molecule has 0 amide bonds. The molecule has 0 fully saturated rings. The van der Waals surface area contributed by atoms with Crippen LogP contribution < -0.4 is 15.9 Å². The molecule has 6 aromatic rings. The number of hydrogen-bond acceptors (Lipinski definition) is 3. The number of nitrogens with one attached hydrogen (secondary N) is 4. The number of ether oxygens (including phenoxy) is 1. The largest absolute Gasteiger partial charge is 0.488 e. The lowest BCUT2D eigenvalue weighted by molar-refractivity contribution is 0.304. The van der Waals surface area contributed by atoms with Crippen LogP contribution in [0.15, 0.2) is 110 Å². The Hall–Kier alpha value is -4.34. The lowest BCUT2D eigenvalue weighted by Crippen LogP contribution is -2.20. The van der Waals surface area contributed by atoms with Gasteiger partial charge in [0.25, 0.3) is 11.1 Å². The molecule has 0 aliphatic carbocycles. The average Bonchev–Trinajstić information content (AvgIpc) is 3.57. The summed E-state index contributed by atoms with van der Waals surface area (Å²) in [6.45, 7) is 4.41. The first-order valence-corrected chi connectivity index (χ1v) is 15.3. The molecule has 216 valence electrons. The van der Waals surface area contributed by atoms with E-state index in [9.17, 15) is 9.59 Å². The maximum atomic E-state index is 13.6. The van der Waals surface area contributed by atoms with Crippen molar-refractivity contribution < 1.29 is 4.74 Å². The van der Waals surface area contributed by atoms with Crippen molar-refractivity contribution >= 4 is 31.9 Å². The predicted molar refractivity (Wildman–Crippen MR) is 177 cm³/mol. The standard InChI is InChI=1S/C34H28Br2N4O3/c1-19-3-9-22(10-4-19)31-29(33(41)39-37-31)28(30-32(38-40-34(30)42)23-11-5-20(2)6-12-23)24-13-16-27(26(36)17-24)43-18-21-7-14-25(35)15-8-21/h3-17,28H,18H2,1-2H3,(H2,37,39,41)(H2,38,40,42). The Balaban J connectivity index is 1.49. The summed E-state index contributed by atoms with van der Waals surface area (Å²) in [5.41, 5.74) is 7.18. The van der Waals surface area contributed by atoms with Gasteiger partial charge in [-0.3, -0.25) is 30.0 Å². The van der Waals surface area contributed by atoms with E-state index in [0.717, 1.165) is 37.9 Å². The van der Waals surface area contributed by atoms with E-state index >= 15 is 0 Å². The third-order valence-electron chi connectivity index (χ3n) is 7.48. The number of aromatic amines is 4. The van der Waals surface area contributed by atoms with E-state index in [4.69, 9.17) is 4.74 Å². The zero-order valence-corrected chi connectivity index (χ0v) is 26.6. The molecule has 0 atom stereocenters. The molecule has 0 saturated heterocycles. The van der Waals surface area contributed by atoms with Gasteiger partial charge >= 0.3 is 0 Å². The van der Waals surface area contributed by atoms with E-state index in [1.54, 1.807) is 0 Å². The molecule has 0 bridgehead atoms. The van der Waals surface area contributed by atoms with Crippen molar-refractivity contribution in [1.29, 1.82) is 0 Å². The van der Waals surface area contributed by atoms with Gasteiger partial charge in [0.1, 0.15) is 12.4 Å². The van der Waals surface area contributed by atoms with Crippen LogP contribution in [0.3, 0.4) is 0 Å². The second kappa shape index (κ2) is 12.1. The number of aryl methyl sites for hydroxylation is 2. The Bertz CT molecular complexity index is 1900. The molecular weight excluding hydrogens is 672 g/mol. The fraction of sp³-hybridized carbons (Fsp3) is 0.118. The third kappa shape index (κ3) is 5.96. The predicted octanol–water partition coefficient (Wildman–Crippen LogP) is 7.95. The maximum absolute atomic E-state index is 13.6. The Labute approximate surface area is 264 Å². The molecule has 0 aliphatic rings. The lowest BCUT2D eigenvalue weighted by Gasteiger charge is -2.19. The zero-order chi connectivity index (χ0) is 30.1. The fourth-order valence-corrected chi connectivity index (χ4v) is 5.99. The normalized spacial score (nSPS) is 11.3. The van der Waals surface area contributed by atoms with E-state index < -0.39 is 5.92 Å². The van der Waals surface area contributed by atoms with Crippen molar-refractivity contribution in [2.75, 3.05) is 0 Å². The van der Waals surface area contributed by atoms with Crippen LogP contribution in [-0.4, -0.2) is 20.4 Å². The molecule has 0 unspecified atom stereocenters. The van der Waals surface area contributed by atoms with E-state index in [0.29, 0.717) is 39.3 Å². The number of rotatable bonds is 8. The highest BCUT2D eigenvalue weighted by molar-refractivity contribution is 9.10. The summed E-state index contributed by atoms with van der Waals surface area (Å²) in [5, 5.41) is 11.7. The van der Waals surface area contributed by atoms with Crippen LogP contribution in [0.25, 0.3) is 22.5 Å². The topological polar surface area (TPSA) is 107 Å². The van der Waals surface area contributed by atoms with Crippen LogP contribution in [-0.2, 0) is 6.61 Å². The maximum Gasteiger partial charge on any atom is 0.268 e. The summed E-state index contributed by atoms with van der Waals surface area (Å²) in [6, 6.07) is 29.5. The fourth-order valence-electron chi connectivity index (χ4n) is 5.21. The highest BCUT2D eigenvalue weighted by atomic mass is 79.9. The van der Waals surface area contributed by atoms with Gasteiger partial charge in [-0.25, -0.2) is 0 Å². The SMILES string of the molecule is Cc1ccc(-c2[nH][nH]c(=O)c2C(c2ccc(OCc3ccc(Br)cc3)c(Br)c2)c2c(-c3ccc(C)cc3)[nH][nH]c2=O)cc1. The van der Waals surface area contributed by atoms with Gasteiger partial charge in [0.15, 0.2) is 0 Å². The van der Waals surface area contributed by atoms with Crippen molar-refractivity contribution in [1.82, 2.24) is 20.4 Å². The van der Waals surface area contributed by atoms with Gasteiger partial charge < -0.3 is 4.74 Å². The van der Waals surface area contributed by atoms with E-state index in [-0.39, 0.29) is 11.1 Å². The summed E-state index contributed by atoms with van der Waals surface area (Å²) in [5.74, 6) is -0.0664. The second-order valence-corrected chi connectivity index (χ2v) is 12.3. The molecule has 2 aromatic heterocycles. The second-order valence-electron chi connectivity index (χ2n) is 10.5. The number of aromatic nitrogens is 4. The summed E-state index contributed by atoms with van der Waals surface area (Å²) < 4.78 is 7.83. The molecular formula is C34H28Br2N4O3. The number of halogens is 2. The highest BCUT2D eigenvalue weighted by Crippen LogP contribution is 2.40. The van der Waals surface area contributed by atoms with Crippen LogP contribution in [0.2, 0.25) is 0 Å². The molecule has 9 heteroatoms. The smallest absolute Gasteiger partial charge is 0.268 e. The molecule has 2 heterocycles. The van der Waals surface area contributed by atoms with Crippen molar-refractivity contribution in [3.8, 4) is 28.3 Å². The van der Waals surface area contributed by atoms with Gasteiger partial charge in [-0.05, 0) is 76.3 Å². The molecule has 4 N–H and O–H groups in total. The monoisotopic (exact) mass is 698 g/mol. The van der Waals surface area contributed by atoms with Gasteiger partial charge in [0.2, 0.25) is 0 Å². The molecule has 43 heavy (non-hydrogen) atoms. The lowest BCUT2D eigenvalue weighted by atomic mass is 9.83. The van der Waals surface area contributed by atoms with Crippen molar-refractivity contribution in [3.63, 3.8) is 0 Å². The first-order valence-electron chi connectivity index (χ1n) is 13.7. The van der Waals surface area contributed by atoms with Crippen LogP contribution in [0.5, 0.6) is 5.75 Å². The molecule has 0 spiro atoms. The number of benzene rings is 4. The molecule has 0 aliphatic heterocycles. The minimum Gasteiger partial charge on any atom is -0.488 e. The average molecular weight is 700 g/mol. The first-order chi connectivity index (χ1) is 20.8. The van der Waals surface area contributed by atoms with E-state index in [2.05, 4.69) is 52.3 Å². The van der Waals surface area contributed by atoms with Gasteiger partial charge in [0.05, 0.1) is 27.0 Å². The Kier molecular flexibility index (Phi) is 8.10. The first kappa shape index (κ1) is 28.8. The third-order valence-corrected chi connectivity index (χ3v) is 8.63. The van der Waals surface area contributed by atoms with Gasteiger partial charge in [-0.1, -0.05) is 93.8 Å². The van der Waals surface area contributed by atoms with Crippen LogP contribution >= 0.6 is 31.9 Å². The van der Waals surface area contributed by atoms with Gasteiger partial charge in [-0.15, -0.1) is 0 Å². The molecule has 4 aromatic carbocycles. The number of H-pyrrole nitrogens is 4. The van der Waals surface area contributed by atoms with Gasteiger partial charge in [-0.2, -0.15) is 0 Å². The molecule has 0 saturated carbocycles. The Morgan fingerprint density at radius 2 is 1.16 bits per heavy atom. The van der Waals surface area contributed by atoms with Gasteiger partial charge in [0, 0.05) is 10.4 Å². The highest BCUT2D eigenvalue weighted by Gasteiger charge is 2.31. The Morgan fingerprint density at radius 3 is 1.65 bits per heavy atom. The minimum absolute atomic E-state index is 0.303. The van der Waals surface area contributed by atoms with Crippen LogP contribution in [0, 0.1) is 13.8 Å².